The molecule has 0 spiro atoms. The molecule has 1 aliphatic carbocycles. The van der Waals surface area contributed by atoms with Gasteiger partial charge in [-0.2, -0.15) is 0 Å². The van der Waals surface area contributed by atoms with Crippen molar-refractivity contribution in [2.45, 2.75) is 42.4 Å². The first-order chi connectivity index (χ1) is 3.89. The molecule has 0 radical (unpaired) electrons. The van der Waals surface area contributed by atoms with E-state index in [1.165, 1.54) is 38.5 Å². The zero-order chi connectivity index (χ0) is 5.82. The molecular formula is C7H15IMg. The lowest BCUT2D eigenvalue weighted by Crippen LogP contribution is -1.91. The monoisotopic (exact) mass is 250 g/mol. The van der Waals surface area contributed by atoms with E-state index in [4.69, 9.17) is 0 Å². The standard InChI is InChI=1S/C7H13I.Mg.2H/c8-7-5-3-1-2-4-6-7;;;/h7H,1-6H2;;;. The van der Waals surface area contributed by atoms with Gasteiger partial charge in [0.2, 0.25) is 0 Å². The smallest absolute Gasteiger partial charge is 0.0826 e. The summed E-state index contributed by atoms with van der Waals surface area (Å²) in [6.07, 6.45) is 8.88. The Hall–Kier alpha value is 1.50. The third-order valence-electron chi connectivity index (χ3n) is 1.78. The average molecular weight is 250 g/mol. The summed E-state index contributed by atoms with van der Waals surface area (Å²) in [4.78, 5) is 0. The van der Waals surface area contributed by atoms with Crippen LogP contribution in [-0.2, 0) is 0 Å². The minimum absolute atomic E-state index is 0. The highest BCUT2D eigenvalue weighted by Crippen LogP contribution is 2.22. The molecule has 52 valence electrons. The van der Waals surface area contributed by atoms with Crippen LogP contribution >= 0.6 is 22.6 Å². The van der Waals surface area contributed by atoms with Gasteiger partial charge in [0.25, 0.3) is 0 Å². The third kappa shape index (κ3) is 4.84. The maximum Gasteiger partial charge on any atom is 0.316 e. The van der Waals surface area contributed by atoms with Crippen molar-refractivity contribution in [1.82, 2.24) is 0 Å². The van der Waals surface area contributed by atoms with E-state index in [1.54, 1.807) is 0 Å². The second-order valence-electron chi connectivity index (χ2n) is 2.59. The van der Waals surface area contributed by atoms with Crippen molar-refractivity contribution in [3.8, 4) is 0 Å². The van der Waals surface area contributed by atoms with Gasteiger partial charge in [-0.3, -0.25) is 0 Å². The number of hydrogen-bond acceptors (Lipinski definition) is 0. The van der Waals surface area contributed by atoms with Crippen molar-refractivity contribution in [2.75, 3.05) is 0 Å². The Morgan fingerprint density at radius 1 is 0.889 bits per heavy atom. The summed E-state index contributed by atoms with van der Waals surface area (Å²) >= 11 is 2.58. The molecule has 0 aromatic rings. The molecule has 0 heterocycles. The maximum atomic E-state index is 2.58. The molecule has 0 nitrogen and oxygen atoms in total. The van der Waals surface area contributed by atoms with Crippen LogP contribution < -0.4 is 0 Å². The van der Waals surface area contributed by atoms with E-state index in [2.05, 4.69) is 22.6 Å². The Morgan fingerprint density at radius 3 is 1.78 bits per heavy atom. The van der Waals surface area contributed by atoms with E-state index in [0.29, 0.717) is 0 Å². The molecule has 1 rings (SSSR count). The van der Waals surface area contributed by atoms with E-state index < -0.39 is 0 Å². The van der Waals surface area contributed by atoms with E-state index in [1.807, 2.05) is 0 Å². The first-order valence-corrected chi connectivity index (χ1v) is 4.78. The fourth-order valence-electron chi connectivity index (χ4n) is 1.23. The predicted molar refractivity (Wildman–Crippen MR) is 54.1 cm³/mol. The van der Waals surface area contributed by atoms with Crippen LogP contribution in [0.15, 0.2) is 0 Å². The summed E-state index contributed by atoms with van der Waals surface area (Å²) in [5.41, 5.74) is 0. The second-order valence-corrected chi connectivity index (χ2v) is 4.35. The van der Waals surface area contributed by atoms with Crippen molar-refractivity contribution in [3.05, 3.63) is 0 Å². The van der Waals surface area contributed by atoms with Gasteiger partial charge in [-0.1, -0.05) is 48.3 Å². The third-order valence-corrected chi connectivity index (χ3v) is 3.03. The molecule has 1 saturated carbocycles. The van der Waals surface area contributed by atoms with Crippen LogP contribution in [0, 0.1) is 0 Å². The summed E-state index contributed by atoms with van der Waals surface area (Å²) < 4.78 is 0.995. The lowest BCUT2D eigenvalue weighted by atomic mass is 10.2. The normalized spacial score (nSPS) is 22.3. The molecule has 9 heavy (non-hydrogen) atoms. The molecule has 2 heteroatoms. The quantitative estimate of drug-likeness (QED) is 0.268. The molecular weight excluding hydrogens is 235 g/mol. The molecule has 0 aliphatic heterocycles. The summed E-state index contributed by atoms with van der Waals surface area (Å²) in [6.45, 7) is 0. The van der Waals surface area contributed by atoms with Crippen LogP contribution in [0.2, 0.25) is 0 Å². The lowest BCUT2D eigenvalue weighted by Gasteiger charge is -2.00. The maximum absolute atomic E-state index is 2.58. The molecule has 0 saturated heterocycles. The Labute approximate surface area is 87.5 Å². The van der Waals surface area contributed by atoms with Gasteiger partial charge in [0.15, 0.2) is 0 Å². The van der Waals surface area contributed by atoms with Crippen LogP contribution in [0.25, 0.3) is 0 Å². The van der Waals surface area contributed by atoms with E-state index in [0.717, 1.165) is 3.92 Å². The van der Waals surface area contributed by atoms with E-state index in [9.17, 15) is 0 Å². The molecule has 0 aromatic carbocycles. The summed E-state index contributed by atoms with van der Waals surface area (Å²) in [5, 5.41) is 0. The molecule has 1 fully saturated rings. The van der Waals surface area contributed by atoms with Gasteiger partial charge in [-0.25, -0.2) is 0 Å². The molecule has 0 amide bonds. The van der Waals surface area contributed by atoms with Crippen molar-refractivity contribution < 1.29 is 0 Å². The largest absolute Gasteiger partial charge is 0.316 e. The van der Waals surface area contributed by atoms with E-state index in [-0.39, 0.29) is 23.1 Å². The van der Waals surface area contributed by atoms with Crippen molar-refractivity contribution in [1.29, 1.82) is 0 Å². The highest BCUT2D eigenvalue weighted by Gasteiger charge is 2.06. The Morgan fingerprint density at radius 2 is 1.33 bits per heavy atom. The van der Waals surface area contributed by atoms with Gasteiger partial charge in [0.05, 0.1) is 0 Å². The summed E-state index contributed by atoms with van der Waals surface area (Å²) in [6, 6.07) is 0. The van der Waals surface area contributed by atoms with Crippen LogP contribution in [-0.4, -0.2) is 27.0 Å². The van der Waals surface area contributed by atoms with Gasteiger partial charge in [0, 0.05) is 3.92 Å². The van der Waals surface area contributed by atoms with Gasteiger partial charge >= 0.3 is 23.1 Å². The number of halogens is 1. The first-order valence-electron chi connectivity index (χ1n) is 3.53. The minimum atomic E-state index is 0. The molecule has 0 bridgehead atoms. The predicted octanol–water partition coefficient (Wildman–Crippen LogP) is 2.23. The Bertz CT molecular complexity index is 57.9. The van der Waals surface area contributed by atoms with Gasteiger partial charge in [-0.15, -0.1) is 0 Å². The minimum Gasteiger partial charge on any atom is -0.0826 e. The molecule has 0 N–H and O–H groups in total. The lowest BCUT2D eigenvalue weighted by molar-refractivity contribution is 0.702. The van der Waals surface area contributed by atoms with Crippen LogP contribution in [0.1, 0.15) is 38.5 Å². The molecule has 0 unspecified atom stereocenters. The number of rotatable bonds is 0. The van der Waals surface area contributed by atoms with Crippen LogP contribution in [0.4, 0.5) is 0 Å². The topological polar surface area (TPSA) is 0 Å². The van der Waals surface area contributed by atoms with Crippen LogP contribution in [0.5, 0.6) is 0 Å². The molecule has 1 aliphatic rings. The van der Waals surface area contributed by atoms with E-state index >= 15 is 0 Å². The summed E-state index contributed by atoms with van der Waals surface area (Å²) in [5.74, 6) is 0. The molecule has 0 aromatic heterocycles. The average Bonchev–Trinajstić information content (AvgIpc) is 1.94. The highest BCUT2D eigenvalue weighted by atomic mass is 127. The fourth-order valence-corrected chi connectivity index (χ4v) is 2.11. The van der Waals surface area contributed by atoms with Crippen molar-refractivity contribution in [3.63, 3.8) is 0 Å². The zero-order valence-corrected chi connectivity index (χ0v) is 7.36. The van der Waals surface area contributed by atoms with Crippen LogP contribution in [0.3, 0.4) is 0 Å². The summed E-state index contributed by atoms with van der Waals surface area (Å²) in [7, 11) is 0. The zero-order valence-electron chi connectivity index (χ0n) is 5.20. The van der Waals surface area contributed by atoms with Gasteiger partial charge in [-0.05, 0) is 12.8 Å². The van der Waals surface area contributed by atoms with Gasteiger partial charge < -0.3 is 0 Å². The fraction of sp³-hybridized carbons (Fsp3) is 1.00. The highest BCUT2D eigenvalue weighted by molar-refractivity contribution is 14.1. The first kappa shape index (κ1) is 10.5. The Kier molecular flexibility index (Phi) is 7.26. The van der Waals surface area contributed by atoms with Crippen molar-refractivity contribution in [2.24, 2.45) is 0 Å². The number of hydrogen-bond donors (Lipinski definition) is 0. The Balaban J connectivity index is 0.000000640. The number of alkyl halides is 1. The van der Waals surface area contributed by atoms with Crippen molar-refractivity contribution >= 4 is 45.6 Å². The SMILES string of the molecule is IC1CCCCCC1.[MgH2]. The molecule has 0 atom stereocenters. The van der Waals surface area contributed by atoms with Gasteiger partial charge in [0.1, 0.15) is 0 Å². The second kappa shape index (κ2) is 6.22.